The molecule has 0 N–H and O–H groups in total. The highest BCUT2D eigenvalue weighted by Crippen LogP contribution is 2.35. The average Bonchev–Trinajstić information content (AvgIpc) is 3.55. The fourth-order valence-electron chi connectivity index (χ4n) is 3.84. The van der Waals surface area contributed by atoms with Crippen molar-refractivity contribution in [2.45, 2.75) is 25.3 Å². The lowest BCUT2D eigenvalue weighted by Gasteiger charge is -2.27. The van der Waals surface area contributed by atoms with Crippen molar-refractivity contribution in [2.75, 3.05) is 26.8 Å². The Morgan fingerprint density at radius 1 is 1.19 bits per heavy atom. The summed E-state index contributed by atoms with van der Waals surface area (Å²) in [5, 5.41) is 6.56. The van der Waals surface area contributed by atoms with Crippen LogP contribution in [-0.4, -0.2) is 54.2 Å². The van der Waals surface area contributed by atoms with Crippen LogP contribution in [0.1, 0.15) is 36.4 Å². The first kappa shape index (κ1) is 22.4. The standard InChI is InChI=1S/C24H25ClFN3O3/c1-32-13-12-28(24(31)17-6-7-17)15-23(30)29-22(16-8-10-18(26)11-9-16)14-21(27-29)19-4-2-3-5-20(19)25/h2-5,8-11,17,22H,6-7,12-15H2,1H3. The van der Waals surface area contributed by atoms with Gasteiger partial charge in [0.05, 0.1) is 18.4 Å². The van der Waals surface area contributed by atoms with Gasteiger partial charge in [-0.15, -0.1) is 0 Å². The summed E-state index contributed by atoms with van der Waals surface area (Å²) in [6.07, 6.45) is 2.15. The number of hydrogen-bond donors (Lipinski definition) is 0. The third-order valence-electron chi connectivity index (χ3n) is 5.74. The van der Waals surface area contributed by atoms with Gasteiger partial charge in [0, 0.05) is 36.6 Å². The largest absolute Gasteiger partial charge is 0.383 e. The number of ether oxygens (including phenoxy) is 1. The van der Waals surface area contributed by atoms with Gasteiger partial charge in [-0.2, -0.15) is 5.10 Å². The van der Waals surface area contributed by atoms with E-state index in [2.05, 4.69) is 5.10 Å². The molecule has 8 heteroatoms. The molecule has 1 fully saturated rings. The number of halogens is 2. The lowest BCUT2D eigenvalue weighted by molar-refractivity contribution is -0.142. The smallest absolute Gasteiger partial charge is 0.262 e. The average molecular weight is 458 g/mol. The van der Waals surface area contributed by atoms with Crippen molar-refractivity contribution < 1.29 is 18.7 Å². The first-order valence-corrected chi connectivity index (χ1v) is 11.0. The number of carbonyl (C=O) groups excluding carboxylic acids is 2. The second-order valence-corrected chi connectivity index (χ2v) is 8.47. The van der Waals surface area contributed by atoms with E-state index in [1.54, 1.807) is 30.2 Å². The number of carbonyl (C=O) groups is 2. The zero-order valence-electron chi connectivity index (χ0n) is 17.8. The van der Waals surface area contributed by atoms with Crippen molar-refractivity contribution in [3.63, 3.8) is 0 Å². The van der Waals surface area contributed by atoms with Gasteiger partial charge in [-0.1, -0.05) is 41.9 Å². The number of nitrogens with zero attached hydrogens (tertiary/aromatic N) is 3. The highest BCUT2D eigenvalue weighted by Gasteiger charge is 2.37. The van der Waals surface area contributed by atoms with Crippen LogP contribution in [0.4, 0.5) is 4.39 Å². The van der Waals surface area contributed by atoms with E-state index in [1.165, 1.54) is 17.1 Å². The summed E-state index contributed by atoms with van der Waals surface area (Å²) in [5.41, 5.74) is 2.19. The SMILES string of the molecule is COCCN(CC(=O)N1N=C(c2ccccc2Cl)CC1c1ccc(F)cc1)C(=O)C1CC1. The molecule has 1 aliphatic heterocycles. The molecule has 1 unspecified atom stereocenters. The van der Waals surface area contributed by atoms with Gasteiger partial charge in [-0.05, 0) is 36.6 Å². The Bertz CT molecular complexity index is 1020. The molecule has 168 valence electrons. The van der Waals surface area contributed by atoms with E-state index in [1.807, 2.05) is 18.2 Å². The van der Waals surface area contributed by atoms with Crippen LogP contribution in [0.3, 0.4) is 0 Å². The molecule has 0 aromatic heterocycles. The van der Waals surface area contributed by atoms with Crippen molar-refractivity contribution in [2.24, 2.45) is 11.0 Å². The number of hydrazone groups is 1. The van der Waals surface area contributed by atoms with Gasteiger partial charge in [-0.25, -0.2) is 9.40 Å². The van der Waals surface area contributed by atoms with Crippen molar-refractivity contribution >= 4 is 29.1 Å². The van der Waals surface area contributed by atoms with Crippen LogP contribution in [-0.2, 0) is 14.3 Å². The minimum atomic E-state index is -0.408. The maximum Gasteiger partial charge on any atom is 0.262 e. The maximum absolute atomic E-state index is 13.5. The number of benzene rings is 2. The summed E-state index contributed by atoms with van der Waals surface area (Å²) in [7, 11) is 1.56. The highest BCUT2D eigenvalue weighted by molar-refractivity contribution is 6.34. The van der Waals surface area contributed by atoms with Crippen LogP contribution >= 0.6 is 11.6 Å². The van der Waals surface area contributed by atoms with E-state index >= 15 is 0 Å². The Kier molecular flexibility index (Phi) is 6.86. The van der Waals surface area contributed by atoms with Gasteiger partial charge >= 0.3 is 0 Å². The normalized spacial score (nSPS) is 17.9. The fraction of sp³-hybridized carbons (Fsp3) is 0.375. The van der Waals surface area contributed by atoms with Crippen molar-refractivity contribution in [3.05, 3.63) is 70.5 Å². The maximum atomic E-state index is 13.5. The zero-order valence-corrected chi connectivity index (χ0v) is 18.6. The Balaban J connectivity index is 1.61. The predicted octanol–water partition coefficient (Wildman–Crippen LogP) is 4.04. The Hall–Kier alpha value is -2.77. The molecular weight excluding hydrogens is 433 g/mol. The highest BCUT2D eigenvalue weighted by atomic mass is 35.5. The summed E-state index contributed by atoms with van der Waals surface area (Å²) in [4.78, 5) is 27.6. The first-order chi connectivity index (χ1) is 15.5. The fourth-order valence-corrected chi connectivity index (χ4v) is 4.08. The lowest BCUT2D eigenvalue weighted by Crippen LogP contribution is -2.43. The van der Waals surface area contributed by atoms with Crippen LogP contribution in [0.15, 0.2) is 53.6 Å². The predicted molar refractivity (Wildman–Crippen MR) is 120 cm³/mol. The molecule has 0 radical (unpaired) electrons. The van der Waals surface area contributed by atoms with E-state index in [0.29, 0.717) is 30.3 Å². The van der Waals surface area contributed by atoms with Crippen LogP contribution in [0.25, 0.3) is 0 Å². The zero-order chi connectivity index (χ0) is 22.7. The van der Waals surface area contributed by atoms with E-state index in [-0.39, 0.29) is 30.1 Å². The van der Waals surface area contributed by atoms with Gasteiger partial charge < -0.3 is 9.64 Å². The summed E-state index contributed by atoms with van der Waals surface area (Å²) < 4.78 is 18.6. The number of hydrogen-bond acceptors (Lipinski definition) is 4. The molecule has 1 heterocycles. The van der Waals surface area contributed by atoms with E-state index in [4.69, 9.17) is 16.3 Å². The molecule has 1 atom stereocenters. The molecule has 2 aromatic carbocycles. The van der Waals surface area contributed by atoms with E-state index in [0.717, 1.165) is 24.0 Å². The van der Waals surface area contributed by atoms with Crippen molar-refractivity contribution in [1.29, 1.82) is 0 Å². The van der Waals surface area contributed by atoms with E-state index in [9.17, 15) is 14.0 Å². The van der Waals surface area contributed by atoms with Crippen LogP contribution in [0.2, 0.25) is 5.02 Å². The summed E-state index contributed by atoms with van der Waals surface area (Å²) in [6.45, 7) is 0.602. The molecule has 1 aliphatic carbocycles. The molecule has 2 aromatic rings. The molecular formula is C24H25ClFN3O3. The van der Waals surface area contributed by atoms with Crippen molar-refractivity contribution in [3.8, 4) is 0 Å². The molecule has 0 saturated heterocycles. The van der Waals surface area contributed by atoms with Gasteiger partial charge in [-0.3, -0.25) is 9.59 Å². The third-order valence-corrected chi connectivity index (χ3v) is 6.06. The second kappa shape index (κ2) is 9.79. The molecule has 4 rings (SSSR count). The third kappa shape index (κ3) is 5.00. The minimum Gasteiger partial charge on any atom is -0.383 e. The Labute approximate surface area is 191 Å². The molecule has 2 amide bonds. The van der Waals surface area contributed by atoms with Gasteiger partial charge in [0.1, 0.15) is 12.4 Å². The Morgan fingerprint density at radius 3 is 2.56 bits per heavy atom. The second-order valence-electron chi connectivity index (χ2n) is 8.06. The van der Waals surface area contributed by atoms with Gasteiger partial charge in [0.15, 0.2) is 0 Å². The quantitative estimate of drug-likeness (QED) is 0.601. The monoisotopic (exact) mass is 457 g/mol. The lowest BCUT2D eigenvalue weighted by atomic mass is 9.98. The molecule has 1 saturated carbocycles. The Morgan fingerprint density at radius 2 is 1.91 bits per heavy atom. The number of amides is 2. The molecule has 0 spiro atoms. The minimum absolute atomic E-state index is 0.00619. The summed E-state index contributed by atoms with van der Waals surface area (Å²) >= 11 is 6.37. The van der Waals surface area contributed by atoms with Crippen LogP contribution < -0.4 is 0 Å². The number of methoxy groups -OCH3 is 1. The van der Waals surface area contributed by atoms with Gasteiger partial charge in [0.25, 0.3) is 5.91 Å². The molecule has 6 nitrogen and oxygen atoms in total. The summed E-state index contributed by atoms with van der Waals surface area (Å²) in [5.74, 6) is -0.680. The van der Waals surface area contributed by atoms with E-state index < -0.39 is 6.04 Å². The topological polar surface area (TPSA) is 62.2 Å². The van der Waals surface area contributed by atoms with Gasteiger partial charge in [0.2, 0.25) is 5.91 Å². The molecule has 2 aliphatic rings. The number of rotatable bonds is 8. The van der Waals surface area contributed by atoms with Crippen LogP contribution in [0.5, 0.6) is 0 Å². The molecule has 0 bridgehead atoms. The first-order valence-electron chi connectivity index (χ1n) is 10.7. The van der Waals surface area contributed by atoms with Crippen molar-refractivity contribution in [1.82, 2.24) is 9.91 Å². The molecule has 32 heavy (non-hydrogen) atoms. The summed E-state index contributed by atoms with van der Waals surface area (Å²) in [6, 6.07) is 13.0. The van der Waals surface area contributed by atoms with Crippen LogP contribution in [0, 0.1) is 11.7 Å².